The minimum absolute atomic E-state index is 0.549. The molecule has 1 aliphatic rings. The van der Waals surface area contributed by atoms with Crippen molar-refractivity contribution in [3.63, 3.8) is 0 Å². The van der Waals surface area contributed by atoms with Crippen molar-refractivity contribution < 1.29 is 10.2 Å². The van der Waals surface area contributed by atoms with Gasteiger partial charge in [0.15, 0.2) is 0 Å². The summed E-state index contributed by atoms with van der Waals surface area (Å²) in [7, 11) is 0. The van der Waals surface area contributed by atoms with Crippen molar-refractivity contribution in [2.45, 2.75) is 43.8 Å². The molecule has 0 saturated heterocycles. The Morgan fingerprint density at radius 3 is 2.31 bits per heavy atom. The van der Waals surface area contributed by atoms with Crippen molar-refractivity contribution >= 4 is 22.6 Å². The maximum atomic E-state index is 10.2. The molecule has 0 amide bonds. The first kappa shape index (κ1) is 12.3. The van der Waals surface area contributed by atoms with Crippen LogP contribution in [0.3, 0.4) is 0 Å². The quantitative estimate of drug-likeness (QED) is 0.835. The maximum absolute atomic E-state index is 10.2. The summed E-state index contributed by atoms with van der Waals surface area (Å²) in [5.41, 5.74) is 0.247. The van der Waals surface area contributed by atoms with Gasteiger partial charge in [-0.05, 0) is 53.1 Å². The van der Waals surface area contributed by atoms with Crippen LogP contribution in [0.2, 0.25) is 0 Å². The first-order chi connectivity index (χ1) is 7.60. The van der Waals surface area contributed by atoms with E-state index in [0.29, 0.717) is 6.42 Å². The van der Waals surface area contributed by atoms with Gasteiger partial charge in [0.2, 0.25) is 0 Å². The molecule has 0 radical (unpaired) electrons. The fourth-order valence-corrected chi connectivity index (χ4v) is 2.71. The molecule has 2 nitrogen and oxygen atoms in total. The lowest BCUT2D eigenvalue weighted by Gasteiger charge is -2.28. The van der Waals surface area contributed by atoms with Crippen molar-refractivity contribution in [3.8, 4) is 0 Å². The molecule has 16 heavy (non-hydrogen) atoms. The minimum atomic E-state index is -0.844. The van der Waals surface area contributed by atoms with E-state index in [9.17, 15) is 10.2 Å². The lowest BCUT2D eigenvalue weighted by molar-refractivity contribution is -0.0689. The van der Waals surface area contributed by atoms with Gasteiger partial charge >= 0.3 is 0 Å². The molecular formula is C13H17IO2. The van der Waals surface area contributed by atoms with E-state index in [1.165, 1.54) is 3.57 Å². The van der Waals surface area contributed by atoms with Crippen LogP contribution in [-0.2, 0) is 6.42 Å². The van der Waals surface area contributed by atoms with E-state index in [0.717, 1.165) is 31.2 Å². The molecule has 0 bridgehead atoms. The van der Waals surface area contributed by atoms with Crippen molar-refractivity contribution in [2.75, 3.05) is 0 Å². The number of aliphatic hydroxyl groups excluding tert-OH is 1. The molecule has 3 heteroatoms. The Hall–Kier alpha value is -0.130. The maximum Gasteiger partial charge on any atom is 0.0908 e. The Morgan fingerprint density at radius 2 is 1.75 bits per heavy atom. The van der Waals surface area contributed by atoms with Gasteiger partial charge in [-0.1, -0.05) is 25.0 Å². The molecule has 0 aromatic heterocycles. The highest BCUT2D eigenvalue weighted by Gasteiger charge is 2.38. The summed E-state index contributed by atoms with van der Waals surface area (Å²) >= 11 is 2.26. The van der Waals surface area contributed by atoms with Crippen LogP contribution in [0.25, 0.3) is 0 Å². The molecule has 2 rings (SSSR count). The first-order valence-electron chi connectivity index (χ1n) is 5.75. The monoisotopic (exact) mass is 332 g/mol. The van der Waals surface area contributed by atoms with E-state index >= 15 is 0 Å². The summed E-state index contributed by atoms with van der Waals surface area (Å²) in [5, 5.41) is 20.3. The predicted octanol–water partition coefficient (Wildman–Crippen LogP) is 2.50. The Labute approximate surface area is 110 Å². The second-order valence-corrected chi connectivity index (χ2v) is 5.90. The van der Waals surface area contributed by atoms with Gasteiger partial charge in [-0.25, -0.2) is 0 Å². The number of aliphatic hydroxyl groups is 2. The van der Waals surface area contributed by atoms with Crippen molar-refractivity contribution in [1.29, 1.82) is 0 Å². The van der Waals surface area contributed by atoms with E-state index in [-0.39, 0.29) is 0 Å². The highest BCUT2D eigenvalue weighted by atomic mass is 127. The summed E-state index contributed by atoms with van der Waals surface area (Å²) in [6.45, 7) is 0. The third-order valence-electron chi connectivity index (χ3n) is 3.43. The number of hydrogen-bond acceptors (Lipinski definition) is 2. The van der Waals surface area contributed by atoms with Crippen LogP contribution < -0.4 is 0 Å². The largest absolute Gasteiger partial charge is 0.390 e. The molecular weight excluding hydrogens is 315 g/mol. The van der Waals surface area contributed by atoms with Gasteiger partial charge in [-0.3, -0.25) is 0 Å². The topological polar surface area (TPSA) is 40.5 Å². The molecule has 0 heterocycles. The molecule has 1 fully saturated rings. The van der Waals surface area contributed by atoms with Gasteiger partial charge in [0.25, 0.3) is 0 Å². The minimum Gasteiger partial charge on any atom is -0.390 e. The molecule has 0 aliphatic heterocycles. The SMILES string of the molecule is OC(Cc1ccc(I)cc1)C1(O)CCCC1. The van der Waals surface area contributed by atoms with Crippen LogP contribution in [-0.4, -0.2) is 21.9 Å². The van der Waals surface area contributed by atoms with E-state index in [2.05, 4.69) is 22.6 Å². The van der Waals surface area contributed by atoms with Crippen molar-refractivity contribution in [2.24, 2.45) is 0 Å². The smallest absolute Gasteiger partial charge is 0.0908 e. The molecule has 1 saturated carbocycles. The molecule has 1 aromatic carbocycles. The van der Waals surface area contributed by atoms with E-state index < -0.39 is 11.7 Å². The lowest BCUT2D eigenvalue weighted by Crippen LogP contribution is -2.40. The highest BCUT2D eigenvalue weighted by molar-refractivity contribution is 14.1. The predicted molar refractivity (Wildman–Crippen MR) is 72.3 cm³/mol. The van der Waals surface area contributed by atoms with Crippen molar-refractivity contribution in [3.05, 3.63) is 33.4 Å². The Morgan fingerprint density at radius 1 is 1.19 bits per heavy atom. The second-order valence-electron chi connectivity index (χ2n) is 4.66. The first-order valence-corrected chi connectivity index (χ1v) is 6.83. The summed E-state index contributed by atoms with van der Waals surface area (Å²) in [6.07, 6.45) is 3.44. The number of benzene rings is 1. The van der Waals surface area contributed by atoms with Crippen molar-refractivity contribution in [1.82, 2.24) is 0 Å². The Kier molecular flexibility index (Phi) is 3.87. The zero-order valence-electron chi connectivity index (χ0n) is 9.19. The van der Waals surface area contributed by atoms with Crippen LogP contribution in [0, 0.1) is 3.57 Å². The van der Waals surface area contributed by atoms with Gasteiger partial charge in [0.05, 0.1) is 11.7 Å². The molecule has 1 aromatic rings. The number of halogens is 1. The highest BCUT2D eigenvalue weighted by Crippen LogP contribution is 2.33. The Bertz CT molecular complexity index is 341. The standard InChI is InChI=1S/C13H17IO2/c14-11-5-3-10(4-6-11)9-12(15)13(16)7-1-2-8-13/h3-6,12,15-16H,1-2,7-9H2. The molecule has 88 valence electrons. The second kappa shape index (κ2) is 5.02. The van der Waals surface area contributed by atoms with E-state index in [4.69, 9.17) is 0 Å². The van der Waals surface area contributed by atoms with Crippen LogP contribution in [0.4, 0.5) is 0 Å². The van der Waals surface area contributed by atoms with Gasteiger partial charge < -0.3 is 10.2 Å². The summed E-state index contributed by atoms with van der Waals surface area (Å²) in [4.78, 5) is 0. The van der Waals surface area contributed by atoms with Gasteiger partial charge in [0, 0.05) is 9.99 Å². The van der Waals surface area contributed by atoms with E-state index in [1.54, 1.807) is 0 Å². The fraction of sp³-hybridized carbons (Fsp3) is 0.538. The molecule has 2 N–H and O–H groups in total. The molecule has 1 unspecified atom stereocenters. The fourth-order valence-electron chi connectivity index (χ4n) is 2.35. The van der Waals surface area contributed by atoms with Gasteiger partial charge in [-0.15, -0.1) is 0 Å². The third kappa shape index (κ3) is 2.76. The van der Waals surface area contributed by atoms with Crippen LogP contribution in [0.15, 0.2) is 24.3 Å². The average Bonchev–Trinajstić information content (AvgIpc) is 2.70. The molecule has 1 atom stereocenters. The third-order valence-corrected chi connectivity index (χ3v) is 4.15. The van der Waals surface area contributed by atoms with Gasteiger partial charge in [0.1, 0.15) is 0 Å². The number of rotatable bonds is 3. The normalized spacial score (nSPS) is 20.9. The zero-order chi connectivity index (χ0) is 11.6. The zero-order valence-corrected chi connectivity index (χ0v) is 11.4. The summed E-state index contributed by atoms with van der Waals surface area (Å²) in [5.74, 6) is 0. The lowest BCUT2D eigenvalue weighted by atomic mass is 9.90. The van der Waals surface area contributed by atoms with Crippen LogP contribution in [0.5, 0.6) is 0 Å². The summed E-state index contributed by atoms with van der Waals surface area (Å²) < 4.78 is 1.19. The molecule has 0 spiro atoms. The van der Waals surface area contributed by atoms with Crippen LogP contribution in [0.1, 0.15) is 31.2 Å². The Balaban J connectivity index is 2.01. The molecule has 1 aliphatic carbocycles. The summed E-state index contributed by atoms with van der Waals surface area (Å²) in [6, 6.07) is 8.09. The van der Waals surface area contributed by atoms with Gasteiger partial charge in [-0.2, -0.15) is 0 Å². The van der Waals surface area contributed by atoms with Crippen LogP contribution >= 0.6 is 22.6 Å². The average molecular weight is 332 g/mol. The van der Waals surface area contributed by atoms with E-state index in [1.807, 2.05) is 24.3 Å². The number of hydrogen-bond donors (Lipinski definition) is 2.